The van der Waals surface area contributed by atoms with Crippen molar-refractivity contribution in [3.05, 3.63) is 59.8 Å². The number of aromatic nitrogens is 2. The van der Waals surface area contributed by atoms with Crippen LogP contribution in [0.3, 0.4) is 0 Å². The smallest absolute Gasteiger partial charge is 0.260 e. The maximum atomic E-state index is 13.1. The number of carbonyl (C=O) groups is 1. The highest BCUT2D eigenvalue weighted by atomic mass is 32.2. The third-order valence-corrected chi connectivity index (χ3v) is 8.43. The van der Waals surface area contributed by atoms with E-state index in [0.29, 0.717) is 42.1 Å². The van der Waals surface area contributed by atoms with E-state index in [4.69, 9.17) is 0 Å². The Bertz CT molecular complexity index is 1440. The van der Waals surface area contributed by atoms with E-state index in [2.05, 4.69) is 15.3 Å². The molecule has 36 heavy (non-hydrogen) atoms. The van der Waals surface area contributed by atoms with Crippen LogP contribution in [-0.2, 0) is 10.0 Å². The molecule has 1 fully saturated rings. The molecule has 0 saturated carbocycles. The standard InChI is InChI=1S/C25H28N6O4S/c1-16-9-10-21-20(12-16)24(33)30(3)22-14-26-25(28-23(22)29(21)2)27-17-6-4-8-19(13-17)36(34,35)31-11-5-7-18(32)15-31/h4,6,8-10,12-14,18,32H,5,7,11,15H2,1-3H3,(H,26,27,28)/t18-/m0/s1. The maximum absolute atomic E-state index is 13.1. The van der Waals surface area contributed by atoms with Crippen LogP contribution in [0, 0.1) is 6.92 Å². The molecule has 2 aliphatic heterocycles. The molecule has 1 saturated heterocycles. The Labute approximate surface area is 210 Å². The number of aliphatic hydroxyl groups is 1. The highest BCUT2D eigenvalue weighted by molar-refractivity contribution is 7.89. The number of carbonyl (C=O) groups excluding carboxylic acids is 1. The summed E-state index contributed by atoms with van der Waals surface area (Å²) in [4.78, 5) is 25.7. The first kappa shape index (κ1) is 24.2. The minimum atomic E-state index is -3.75. The van der Waals surface area contributed by atoms with Crippen LogP contribution in [0.25, 0.3) is 0 Å². The van der Waals surface area contributed by atoms with Crippen molar-refractivity contribution >= 4 is 44.8 Å². The topological polar surface area (TPSA) is 119 Å². The van der Waals surface area contributed by atoms with Crippen LogP contribution in [0.2, 0.25) is 0 Å². The minimum Gasteiger partial charge on any atom is -0.392 e. The Balaban J connectivity index is 1.46. The first-order chi connectivity index (χ1) is 17.1. The Kier molecular flexibility index (Phi) is 6.15. The molecule has 0 radical (unpaired) electrons. The lowest BCUT2D eigenvalue weighted by Crippen LogP contribution is -2.42. The van der Waals surface area contributed by atoms with Crippen LogP contribution >= 0.6 is 0 Å². The van der Waals surface area contributed by atoms with E-state index in [0.717, 1.165) is 11.3 Å². The van der Waals surface area contributed by atoms with Gasteiger partial charge in [0.15, 0.2) is 5.82 Å². The van der Waals surface area contributed by atoms with Crippen LogP contribution in [0.15, 0.2) is 53.6 Å². The first-order valence-corrected chi connectivity index (χ1v) is 13.1. The zero-order valence-corrected chi connectivity index (χ0v) is 21.2. The molecule has 2 N–H and O–H groups in total. The third-order valence-electron chi connectivity index (χ3n) is 6.56. The van der Waals surface area contributed by atoms with E-state index in [1.807, 2.05) is 37.1 Å². The van der Waals surface area contributed by atoms with Gasteiger partial charge in [0.05, 0.1) is 28.4 Å². The quantitative estimate of drug-likeness (QED) is 0.552. The summed E-state index contributed by atoms with van der Waals surface area (Å²) >= 11 is 0. The first-order valence-electron chi connectivity index (χ1n) is 11.7. The van der Waals surface area contributed by atoms with Crippen LogP contribution in [-0.4, -0.2) is 67.0 Å². The molecule has 0 bridgehead atoms. The molecule has 10 nitrogen and oxygen atoms in total. The number of nitrogens with zero attached hydrogens (tertiary/aromatic N) is 5. The lowest BCUT2D eigenvalue weighted by Gasteiger charge is -2.29. The summed E-state index contributed by atoms with van der Waals surface area (Å²) < 4.78 is 27.6. The minimum absolute atomic E-state index is 0.0908. The summed E-state index contributed by atoms with van der Waals surface area (Å²) in [7, 11) is -0.215. The van der Waals surface area contributed by atoms with E-state index >= 15 is 0 Å². The molecule has 0 unspecified atom stereocenters. The van der Waals surface area contributed by atoms with Crippen LogP contribution < -0.4 is 15.1 Å². The van der Waals surface area contributed by atoms with Crippen molar-refractivity contribution in [1.82, 2.24) is 14.3 Å². The summed E-state index contributed by atoms with van der Waals surface area (Å²) in [6.45, 7) is 2.41. The summed E-state index contributed by atoms with van der Waals surface area (Å²) in [6.07, 6.45) is 2.14. The number of nitrogens with one attached hydrogen (secondary N) is 1. The van der Waals surface area contributed by atoms with E-state index < -0.39 is 16.1 Å². The highest BCUT2D eigenvalue weighted by Gasteiger charge is 2.31. The van der Waals surface area contributed by atoms with Gasteiger partial charge >= 0.3 is 0 Å². The van der Waals surface area contributed by atoms with Gasteiger partial charge in [0.25, 0.3) is 5.91 Å². The van der Waals surface area contributed by atoms with Crippen molar-refractivity contribution in [2.45, 2.75) is 30.8 Å². The van der Waals surface area contributed by atoms with Gasteiger partial charge in [0.2, 0.25) is 16.0 Å². The molecule has 11 heteroatoms. The monoisotopic (exact) mass is 508 g/mol. The number of anilines is 5. The molecule has 0 spiro atoms. The lowest BCUT2D eigenvalue weighted by atomic mass is 10.1. The number of hydrogen-bond donors (Lipinski definition) is 2. The predicted octanol–water partition coefficient (Wildman–Crippen LogP) is 3.03. The summed E-state index contributed by atoms with van der Waals surface area (Å²) in [5.74, 6) is 0.654. The number of β-amino-alcohol motifs (C(OH)–C–C–N with tert-alkyl or cyclic N) is 1. The number of fused-ring (bicyclic) bond motifs is 2. The van der Waals surface area contributed by atoms with E-state index in [9.17, 15) is 18.3 Å². The number of aliphatic hydroxyl groups excluding tert-OH is 1. The Hall–Kier alpha value is -3.54. The molecule has 3 aromatic rings. The largest absolute Gasteiger partial charge is 0.392 e. The molecule has 188 valence electrons. The van der Waals surface area contributed by atoms with Gasteiger partial charge in [-0.15, -0.1) is 0 Å². The number of sulfonamides is 1. The van der Waals surface area contributed by atoms with Crippen LogP contribution in [0.5, 0.6) is 0 Å². The molecule has 0 aliphatic carbocycles. The molecule has 2 aliphatic rings. The second kappa shape index (κ2) is 9.16. The second-order valence-electron chi connectivity index (χ2n) is 9.16. The van der Waals surface area contributed by atoms with Gasteiger partial charge in [0, 0.05) is 32.9 Å². The number of rotatable bonds is 4. The van der Waals surface area contributed by atoms with Crippen LogP contribution in [0.4, 0.5) is 28.8 Å². The molecular formula is C25H28N6O4S. The third kappa shape index (κ3) is 4.29. The van der Waals surface area contributed by atoms with E-state index in [-0.39, 0.29) is 23.3 Å². The summed E-state index contributed by atoms with van der Waals surface area (Å²) in [5, 5.41) is 13.0. The normalized spacial score (nSPS) is 18.4. The second-order valence-corrected chi connectivity index (χ2v) is 11.1. The number of amides is 1. The van der Waals surface area contributed by atoms with E-state index in [1.54, 1.807) is 25.4 Å². The Morgan fingerprint density at radius 1 is 1.08 bits per heavy atom. The maximum Gasteiger partial charge on any atom is 0.260 e. The van der Waals surface area contributed by atoms with Crippen molar-refractivity contribution < 1.29 is 18.3 Å². The van der Waals surface area contributed by atoms with Gasteiger partial charge in [-0.3, -0.25) is 4.79 Å². The average molecular weight is 509 g/mol. The van der Waals surface area contributed by atoms with Gasteiger partial charge in [-0.2, -0.15) is 9.29 Å². The molecular weight excluding hydrogens is 480 g/mol. The van der Waals surface area contributed by atoms with Gasteiger partial charge in [-0.25, -0.2) is 13.4 Å². The SMILES string of the molecule is Cc1ccc2c(c1)C(=O)N(C)c1cnc(Nc3cccc(S(=O)(=O)N4CCC[C@H](O)C4)c3)nc1N2C. The number of benzene rings is 2. The summed E-state index contributed by atoms with van der Waals surface area (Å²) in [5.41, 5.74) is 3.36. The lowest BCUT2D eigenvalue weighted by molar-refractivity contribution is 0.0994. The predicted molar refractivity (Wildman–Crippen MR) is 138 cm³/mol. The van der Waals surface area contributed by atoms with Crippen LogP contribution in [0.1, 0.15) is 28.8 Å². The van der Waals surface area contributed by atoms with Gasteiger partial charge in [0.1, 0.15) is 5.69 Å². The molecule has 2 aromatic carbocycles. The number of aryl methyl sites for hydroxylation is 1. The molecule has 1 aromatic heterocycles. The Morgan fingerprint density at radius 3 is 2.67 bits per heavy atom. The van der Waals surface area contributed by atoms with Crippen molar-refractivity contribution in [1.29, 1.82) is 0 Å². The average Bonchev–Trinajstić information content (AvgIpc) is 2.94. The zero-order valence-electron chi connectivity index (χ0n) is 20.3. The Morgan fingerprint density at radius 2 is 1.89 bits per heavy atom. The van der Waals surface area contributed by atoms with Crippen molar-refractivity contribution in [2.24, 2.45) is 0 Å². The summed E-state index contributed by atoms with van der Waals surface area (Å²) in [6, 6.07) is 12.1. The highest BCUT2D eigenvalue weighted by Crippen LogP contribution is 2.38. The number of hydrogen-bond acceptors (Lipinski definition) is 8. The van der Waals surface area contributed by atoms with Gasteiger partial charge in [-0.1, -0.05) is 17.7 Å². The fraction of sp³-hybridized carbons (Fsp3) is 0.320. The van der Waals surface area contributed by atoms with E-state index in [1.165, 1.54) is 21.3 Å². The molecule has 1 amide bonds. The molecule has 1 atom stereocenters. The molecule has 3 heterocycles. The van der Waals surface area contributed by atoms with Crippen molar-refractivity contribution in [3.63, 3.8) is 0 Å². The zero-order chi connectivity index (χ0) is 25.6. The molecule has 5 rings (SSSR count). The van der Waals surface area contributed by atoms with Gasteiger partial charge in [-0.05, 0) is 50.1 Å². The number of piperidine rings is 1. The van der Waals surface area contributed by atoms with Crippen molar-refractivity contribution in [2.75, 3.05) is 42.3 Å². The van der Waals surface area contributed by atoms with Crippen molar-refractivity contribution in [3.8, 4) is 0 Å². The van der Waals surface area contributed by atoms with Gasteiger partial charge < -0.3 is 20.2 Å². The fourth-order valence-electron chi connectivity index (χ4n) is 4.58. The fourth-order valence-corrected chi connectivity index (χ4v) is 6.14.